The topological polar surface area (TPSA) is 92.9 Å². The number of anilines is 1. The van der Waals surface area contributed by atoms with Gasteiger partial charge in [-0.3, -0.25) is 4.79 Å². The number of aromatic nitrogens is 3. The van der Waals surface area contributed by atoms with Crippen LogP contribution >= 0.6 is 0 Å². The van der Waals surface area contributed by atoms with Crippen LogP contribution in [0.15, 0.2) is 29.2 Å². The van der Waals surface area contributed by atoms with Gasteiger partial charge in [0.15, 0.2) is 5.82 Å². The number of hydrogen-bond acceptors (Lipinski definition) is 6. The summed E-state index contributed by atoms with van der Waals surface area (Å²) in [6, 6.07) is 3.54. The van der Waals surface area contributed by atoms with Crippen molar-refractivity contribution < 1.29 is 9.32 Å². The third-order valence-corrected chi connectivity index (χ3v) is 2.62. The largest absolute Gasteiger partial charge is 0.384 e. The molecule has 0 aromatic carbocycles. The Labute approximate surface area is 116 Å². The van der Waals surface area contributed by atoms with Gasteiger partial charge in [0.1, 0.15) is 5.69 Å². The fourth-order valence-electron chi connectivity index (χ4n) is 1.58. The summed E-state index contributed by atoms with van der Waals surface area (Å²) in [4.78, 5) is 19.8. The Morgan fingerprint density at radius 3 is 2.85 bits per heavy atom. The number of pyridine rings is 1. The number of carbonyl (C=O) groups excluding carboxylic acids is 1. The van der Waals surface area contributed by atoms with E-state index in [9.17, 15) is 4.79 Å². The van der Waals surface area contributed by atoms with E-state index < -0.39 is 0 Å². The number of nitrogens with zero attached hydrogens (tertiary/aromatic N) is 3. The molecule has 1 amide bonds. The fraction of sp³-hybridized carbons (Fsp3) is 0.385. The zero-order chi connectivity index (χ0) is 14.2. The summed E-state index contributed by atoms with van der Waals surface area (Å²) in [5, 5.41) is 9.62. The number of rotatable bonds is 7. The zero-order valence-electron chi connectivity index (χ0n) is 11.3. The molecule has 0 unspecified atom stereocenters. The highest BCUT2D eigenvalue weighted by atomic mass is 16.5. The Morgan fingerprint density at radius 1 is 1.30 bits per heavy atom. The fourth-order valence-corrected chi connectivity index (χ4v) is 1.58. The van der Waals surface area contributed by atoms with Crippen LogP contribution in [0.2, 0.25) is 0 Å². The summed E-state index contributed by atoms with van der Waals surface area (Å²) in [6.45, 7) is 3.42. The molecule has 0 saturated heterocycles. The van der Waals surface area contributed by atoms with Crippen molar-refractivity contribution in [2.24, 2.45) is 0 Å². The van der Waals surface area contributed by atoms with E-state index in [1.165, 1.54) is 6.39 Å². The van der Waals surface area contributed by atoms with Gasteiger partial charge in [0.25, 0.3) is 5.91 Å². The van der Waals surface area contributed by atoms with Crippen molar-refractivity contribution in [3.8, 4) is 0 Å². The molecule has 0 radical (unpaired) electrons. The quantitative estimate of drug-likeness (QED) is 0.790. The summed E-state index contributed by atoms with van der Waals surface area (Å²) in [5.74, 6) is 0.355. The SMILES string of the molecule is CCCNc1ccc(C(=O)NCCc2ncon2)nc1. The molecular formula is C13H17N5O2. The lowest BCUT2D eigenvalue weighted by Crippen LogP contribution is -2.26. The summed E-state index contributed by atoms with van der Waals surface area (Å²) < 4.78 is 4.61. The van der Waals surface area contributed by atoms with E-state index in [1.807, 2.05) is 6.07 Å². The van der Waals surface area contributed by atoms with Gasteiger partial charge in [0, 0.05) is 19.5 Å². The molecule has 7 nitrogen and oxygen atoms in total. The second-order valence-electron chi connectivity index (χ2n) is 4.21. The van der Waals surface area contributed by atoms with Crippen LogP contribution < -0.4 is 10.6 Å². The first-order valence-electron chi connectivity index (χ1n) is 6.53. The molecule has 0 saturated carbocycles. The predicted octanol–water partition coefficient (Wildman–Crippen LogP) is 1.26. The van der Waals surface area contributed by atoms with E-state index in [1.54, 1.807) is 12.3 Å². The molecule has 106 valence electrons. The van der Waals surface area contributed by atoms with Crippen molar-refractivity contribution in [3.63, 3.8) is 0 Å². The summed E-state index contributed by atoms with van der Waals surface area (Å²) in [7, 11) is 0. The summed E-state index contributed by atoms with van der Waals surface area (Å²) in [6.07, 6.45) is 4.49. The molecule has 0 aliphatic carbocycles. The van der Waals surface area contributed by atoms with Crippen molar-refractivity contribution in [1.29, 1.82) is 0 Å². The smallest absolute Gasteiger partial charge is 0.269 e. The molecule has 2 rings (SSSR count). The monoisotopic (exact) mass is 275 g/mol. The molecule has 2 aromatic heterocycles. The molecule has 0 spiro atoms. The maximum atomic E-state index is 11.8. The lowest BCUT2D eigenvalue weighted by atomic mass is 10.3. The van der Waals surface area contributed by atoms with Crippen LogP contribution in [0.5, 0.6) is 0 Å². The number of hydrogen-bond donors (Lipinski definition) is 2. The van der Waals surface area contributed by atoms with E-state index in [2.05, 4.69) is 37.2 Å². The normalized spacial score (nSPS) is 10.2. The van der Waals surface area contributed by atoms with Gasteiger partial charge in [-0.2, -0.15) is 4.98 Å². The van der Waals surface area contributed by atoms with Gasteiger partial charge in [-0.1, -0.05) is 12.1 Å². The van der Waals surface area contributed by atoms with Gasteiger partial charge < -0.3 is 15.2 Å². The van der Waals surface area contributed by atoms with Crippen LogP contribution in [0.4, 0.5) is 5.69 Å². The molecular weight excluding hydrogens is 258 g/mol. The molecule has 2 N–H and O–H groups in total. The lowest BCUT2D eigenvalue weighted by molar-refractivity contribution is 0.0949. The average Bonchev–Trinajstić information content (AvgIpc) is 2.99. The lowest BCUT2D eigenvalue weighted by Gasteiger charge is -2.06. The highest BCUT2D eigenvalue weighted by Crippen LogP contribution is 2.06. The Hall–Kier alpha value is -2.44. The van der Waals surface area contributed by atoms with Crippen LogP contribution in [-0.4, -0.2) is 34.1 Å². The third kappa shape index (κ3) is 4.04. The molecule has 2 aromatic rings. The summed E-state index contributed by atoms with van der Waals surface area (Å²) in [5.41, 5.74) is 1.30. The maximum Gasteiger partial charge on any atom is 0.269 e. The Kier molecular flexibility index (Phi) is 5.05. The highest BCUT2D eigenvalue weighted by Gasteiger charge is 2.07. The molecule has 0 aliphatic rings. The molecule has 0 fully saturated rings. The zero-order valence-corrected chi connectivity index (χ0v) is 11.3. The Balaban J connectivity index is 1.79. The van der Waals surface area contributed by atoms with Crippen molar-refractivity contribution in [3.05, 3.63) is 36.2 Å². The van der Waals surface area contributed by atoms with E-state index >= 15 is 0 Å². The second kappa shape index (κ2) is 7.22. The first kappa shape index (κ1) is 14.0. The van der Waals surface area contributed by atoms with Gasteiger partial charge in [-0.15, -0.1) is 0 Å². The van der Waals surface area contributed by atoms with Gasteiger partial charge in [-0.05, 0) is 18.6 Å². The molecule has 20 heavy (non-hydrogen) atoms. The molecule has 7 heteroatoms. The predicted molar refractivity (Wildman–Crippen MR) is 73.4 cm³/mol. The van der Waals surface area contributed by atoms with Crippen molar-refractivity contribution in [2.75, 3.05) is 18.4 Å². The van der Waals surface area contributed by atoms with Crippen LogP contribution in [0, 0.1) is 0 Å². The molecule has 2 heterocycles. The van der Waals surface area contributed by atoms with Gasteiger partial charge in [0.2, 0.25) is 6.39 Å². The second-order valence-corrected chi connectivity index (χ2v) is 4.21. The minimum Gasteiger partial charge on any atom is -0.384 e. The Morgan fingerprint density at radius 2 is 2.20 bits per heavy atom. The minimum atomic E-state index is -0.212. The van der Waals surface area contributed by atoms with E-state index in [0.717, 1.165) is 18.7 Å². The molecule has 0 bridgehead atoms. The average molecular weight is 275 g/mol. The van der Waals surface area contributed by atoms with Crippen molar-refractivity contribution >= 4 is 11.6 Å². The van der Waals surface area contributed by atoms with Crippen LogP contribution in [0.3, 0.4) is 0 Å². The van der Waals surface area contributed by atoms with Crippen LogP contribution in [0.25, 0.3) is 0 Å². The Bertz CT molecular complexity index is 524. The number of amides is 1. The third-order valence-electron chi connectivity index (χ3n) is 2.62. The van der Waals surface area contributed by atoms with E-state index in [4.69, 9.17) is 0 Å². The number of carbonyl (C=O) groups is 1. The minimum absolute atomic E-state index is 0.212. The molecule has 0 aliphatic heterocycles. The number of nitrogens with one attached hydrogen (secondary N) is 2. The van der Waals surface area contributed by atoms with Crippen LogP contribution in [-0.2, 0) is 6.42 Å². The summed E-state index contributed by atoms with van der Waals surface area (Å²) >= 11 is 0. The van der Waals surface area contributed by atoms with Crippen molar-refractivity contribution in [1.82, 2.24) is 20.4 Å². The standard InChI is InChI=1S/C13H17N5O2/c1-2-6-14-10-3-4-11(16-8-10)13(19)15-7-5-12-17-9-20-18-12/h3-4,8-9,14H,2,5-7H2,1H3,(H,15,19). The van der Waals surface area contributed by atoms with E-state index in [-0.39, 0.29) is 5.91 Å². The first-order chi connectivity index (χ1) is 9.79. The molecule has 0 atom stereocenters. The van der Waals surface area contributed by atoms with Gasteiger partial charge in [0.05, 0.1) is 11.9 Å². The highest BCUT2D eigenvalue weighted by molar-refractivity contribution is 5.92. The van der Waals surface area contributed by atoms with Gasteiger partial charge >= 0.3 is 0 Å². The van der Waals surface area contributed by atoms with Crippen LogP contribution in [0.1, 0.15) is 29.7 Å². The van der Waals surface area contributed by atoms with Gasteiger partial charge in [-0.25, -0.2) is 4.98 Å². The first-order valence-corrected chi connectivity index (χ1v) is 6.53. The maximum absolute atomic E-state index is 11.8. The van der Waals surface area contributed by atoms with E-state index in [0.29, 0.717) is 24.5 Å². The van der Waals surface area contributed by atoms with Crippen molar-refractivity contribution in [2.45, 2.75) is 19.8 Å².